The van der Waals surface area contributed by atoms with Gasteiger partial charge >= 0.3 is 0 Å². The maximum absolute atomic E-state index is 5.96. The van der Waals surface area contributed by atoms with E-state index in [-0.39, 0.29) is 24.0 Å². The molecule has 0 radical (unpaired) electrons. The predicted molar refractivity (Wildman–Crippen MR) is 127 cm³/mol. The number of fused-ring (bicyclic) bond motifs is 1. The van der Waals surface area contributed by atoms with Crippen molar-refractivity contribution in [3.05, 3.63) is 36.3 Å². The maximum atomic E-state index is 5.96. The Bertz CT molecular complexity index is 711. The minimum absolute atomic E-state index is 0. The zero-order chi connectivity index (χ0) is 19.6. The lowest BCUT2D eigenvalue weighted by atomic mass is 10.1. The highest BCUT2D eigenvalue weighted by Gasteiger charge is 2.21. The van der Waals surface area contributed by atoms with Crippen LogP contribution in [0.3, 0.4) is 0 Å². The molecule has 2 aromatic rings. The zero-order valence-electron chi connectivity index (χ0n) is 17.5. The number of hydrogen-bond donors (Lipinski definition) is 1. The van der Waals surface area contributed by atoms with Crippen molar-refractivity contribution in [1.29, 1.82) is 0 Å². The Balaban J connectivity index is 0.00000300. The van der Waals surface area contributed by atoms with Crippen LogP contribution in [0.2, 0.25) is 0 Å². The average Bonchev–Trinajstić information content (AvgIpc) is 3.14. The highest BCUT2D eigenvalue weighted by Crippen LogP contribution is 2.14. The van der Waals surface area contributed by atoms with Crippen LogP contribution in [0.15, 0.2) is 35.6 Å². The zero-order valence-corrected chi connectivity index (χ0v) is 19.9. The number of nitrogens with zero attached hydrogens (tertiary/aromatic N) is 4. The summed E-state index contributed by atoms with van der Waals surface area (Å²) in [5, 5.41) is 3.43. The highest BCUT2D eigenvalue weighted by molar-refractivity contribution is 14.0. The van der Waals surface area contributed by atoms with Crippen molar-refractivity contribution >= 4 is 35.6 Å². The number of hydrogen-bond acceptors (Lipinski definition) is 4. The quantitative estimate of drug-likeness (QED) is 0.241. The molecule has 8 heteroatoms. The molecule has 3 rings (SSSR count). The first kappa shape index (κ1) is 23.9. The molecule has 0 saturated carbocycles. The van der Waals surface area contributed by atoms with Crippen LogP contribution in [0.25, 0.3) is 5.65 Å². The van der Waals surface area contributed by atoms with E-state index in [9.17, 15) is 0 Å². The first-order chi connectivity index (χ1) is 13.8. The number of methoxy groups -OCH3 is 1. The third-order valence-corrected chi connectivity index (χ3v) is 4.97. The SMILES string of the molecule is CCNC(=NCCc1cn2ccccc2n1)N1CCC(OCCCOC)CC1.I. The Hall–Kier alpha value is -1.39. The summed E-state index contributed by atoms with van der Waals surface area (Å²) in [6.45, 7) is 7.24. The summed E-state index contributed by atoms with van der Waals surface area (Å²) in [5.41, 5.74) is 2.06. The predicted octanol–water partition coefficient (Wildman–Crippen LogP) is 2.98. The summed E-state index contributed by atoms with van der Waals surface area (Å²) in [4.78, 5) is 11.8. The topological polar surface area (TPSA) is 63.4 Å². The molecular formula is C21H34IN5O2. The third-order valence-electron chi connectivity index (χ3n) is 4.97. The molecule has 29 heavy (non-hydrogen) atoms. The summed E-state index contributed by atoms with van der Waals surface area (Å²) in [6.07, 6.45) is 8.37. The van der Waals surface area contributed by atoms with Gasteiger partial charge in [0.05, 0.1) is 11.8 Å². The molecule has 0 amide bonds. The number of nitrogens with one attached hydrogen (secondary N) is 1. The Morgan fingerprint density at radius 3 is 2.83 bits per heavy atom. The molecule has 0 aromatic carbocycles. The van der Waals surface area contributed by atoms with Crippen molar-refractivity contribution in [2.24, 2.45) is 4.99 Å². The van der Waals surface area contributed by atoms with E-state index in [4.69, 9.17) is 14.5 Å². The molecular weight excluding hydrogens is 481 g/mol. The van der Waals surface area contributed by atoms with Crippen molar-refractivity contribution in [2.75, 3.05) is 46.5 Å². The van der Waals surface area contributed by atoms with E-state index < -0.39 is 0 Å². The minimum atomic E-state index is 0. The van der Waals surface area contributed by atoms with Crippen LogP contribution in [0.5, 0.6) is 0 Å². The Kier molecular flexibility index (Phi) is 10.7. The molecule has 162 valence electrons. The molecule has 3 heterocycles. The van der Waals surface area contributed by atoms with Gasteiger partial charge in [-0.3, -0.25) is 4.99 Å². The Labute approximate surface area is 190 Å². The summed E-state index contributed by atoms with van der Waals surface area (Å²) in [5.74, 6) is 1.00. The van der Waals surface area contributed by atoms with Crippen LogP contribution in [0, 0.1) is 0 Å². The second-order valence-corrected chi connectivity index (χ2v) is 7.09. The number of ether oxygens (including phenoxy) is 2. The molecule has 1 N–H and O–H groups in total. The lowest BCUT2D eigenvalue weighted by Crippen LogP contribution is -2.47. The van der Waals surface area contributed by atoms with Gasteiger partial charge in [0.15, 0.2) is 5.96 Å². The molecule has 2 aromatic heterocycles. The second kappa shape index (κ2) is 13.0. The van der Waals surface area contributed by atoms with Gasteiger partial charge < -0.3 is 24.1 Å². The smallest absolute Gasteiger partial charge is 0.193 e. The first-order valence-corrected chi connectivity index (χ1v) is 10.4. The molecule has 1 saturated heterocycles. The van der Waals surface area contributed by atoms with Crippen LogP contribution in [0.4, 0.5) is 0 Å². The van der Waals surface area contributed by atoms with E-state index in [2.05, 4.69) is 32.7 Å². The molecule has 0 unspecified atom stereocenters. The highest BCUT2D eigenvalue weighted by atomic mass is 127. The van der Waals surface area contributed by atoms with Gasteiger partial charge in [-0.05, 0) is 38.3 Å². The van der Waals surface area contributed by atoms with Crippen molar-refractivity contribution in [3.63, 3.8) is 0 Å². The van der Waals surface area contributed by atoms with Gasteiger partial charge in [-0.1, -0.05) is 6.07 Å². The molecule has 1 fully saturated rings. The number of imidazole rings is 1. The summed E-state index contributed by atoms with van der Waals surface area (Å²) >= 11 is 0. The van der Waals surface area contributed by atoms with Gasteiger partial charge in [0.25, 0.3) is 0 Å². The number of halogens is 1. The van der Waals surface area contributed by atoms with Crippen molar-refractivity contribution in [2.45, 2.75) is 38.7 Å². The van der Waals surface area contributed by atoms with Gasteiger partial charge in [0, 0.05) is 65.3 Å². The monoisotopic (exact) mass is 515 g/mol. The molecule has 7 nitrogen and oxygen atoms in total. The number of aromatic nitrogens is 2. The lowest BCUT2D eigenvalue weighted by molar-refractivity contribution is 0.00991. The fraction of sp³-hybridized carbons (Fsp3) is 0.619. The summed E-state index contributed by atoms with van der Waals surface area (Å²) in [7, 11) is 1.73. The number of rotatable bonds is 9. The van der Waals surface area contributed by atoms with Crippen molar-refractivity contribution in [3.8, 4) is 0 Å². The van der Waals surface area contributed by atoms with Crippen LogP contribution in [-0.2, 0) is 15.9 Å². The van der Waals surface area contributed by atoms with Crippen LogP contribution in [0.1, 0.15) is 31.9 Å². The second-order valence-electron chi connectivity index (χ2n) is 7.09. The van der Waals surface area contributed by atoms with Gasteiger partial charge in [-0.2, -0.15) is 0 Å². The molecule has 0 atom stereocenters. The van der Waals surface area contributed by atoms with Gasteiger partial charge in [0.1, 0.15) is 5.65 Å². The van der Waals surface area contributed by atoms with E-state index >= 15 is 0 Å². The van der Waals surface area contributed by atoms with E-state index in [0.717, 1.165) is 82.4 Å². The van der Waals surface area contributed by atoms with E-state index in [1.807, 2.05) is 24.4 Å². The number of likely N-dealkylation sites (tertiary alicyclic amines) is 1. The molecule has 1 aliphatic rings. The largest absolute Gasteiger partial charge is 0.385 e. The molecule has 0 aliphatic carbocycles. The van der Waals surface area contributed by atoms with Gasteiger partial charge in [-0.25, -0.2) is 4.98 Å². The van der Waals surface area contributed by atoms with E-state index in [1.165, 1.54) is 0 Å². The maximum Gasteiger partial charge on any atom is 0.193 e. The number of piperidine rings is 1. The Morgan fingerprint density at radius 2 is 2.10 bits per heavy atom. The van der Waals surface area contributed by atoms with Gasteiger partial charge in [0.2, 0.25) is 0 Å². The molecule has 0 bridgehead atoms. The minimum Gasteiger partial charge on any atom is -0.385 e. The van der Waals surface area contributed by atoms with E-state index in [1.54, 1.807) is 7.11 Å². The van der Waals surface area contributed by atoms with Crippen molar-refractivity contribution in [1.82, 2.24) is 19.6 Å². The van der Waals surface area contributed by atoms with Gasteiger partial charge in [-0.15, -0.1) is 24.0 Å². The summed E-state index contributed by atoms with van der Waals surface area (Å²) in [6, 6.07) is 6.06. The number of aliphatic imine (C=N–C) groups is 1. The van der Waals surface area contributed by atoms with Crippen LogP contribution >= 0.6 is 24.0 Å². The van der Waals surface area contributed by atoms with Crippen LogP contribution in [-0.4, -0.2) is 72.9 Å². The number of guanidine groups is 1. The third kappa shape index (κ3) is 7.42. The Morgan fingerprint density at radius 1 is 1.28 bits per heavy atom. The number of pyridine rings is 1. The molecule has 0 spiro atoms. The fourth-order valence-corrected chi connectivity index (χ4v) is 3.50. The average molecular weight is 515 g/mol. The molecule has 1 aliphatic heterocycles. The fourth-order valence-electron chi connectivity index (χ4n) is 3.50. The lowest BCUT2D eigenvalue weighted by Gasteiger charge is -2.34. The summed E-state index contributed by atoms with van der Waals surface area (Å²) < 4.78 is 13.1. The normalized spacial score (nSPS) is 15.5. The van der Waals surface area contributed by atoms with Crippen LogP contribution < -0.4 is 5.32 Å². The van der Waals surface area contributed by atoms with E-state index in [0.29, 0.717) is 6.10 Å². The first-order valence-electron chi connectivity index (χ1n) is 10.4. The standard InChI is InChI=1S/C21H33N5O2.HI/c1-3-22-21(25-13-9-19(10-14-25)28-16-6-15-27-2)23-11-8-18-17-26-12-5-4-7-20(26)24-18;/h4-5,7,12,17,19H,3,6,8-11,13-16H2,1-2H3,(H,22,23);1H. The van der Waals surface area contributed by atoms with Crippen molar-refractivity contribution < 1.29 is 9.47 Å².